The molecule has 0 heterocycles. The maximum absolute atomic E-state index is 12.0. The number of hydrogen-bond donors (Lipinski definition) is 0. The average molecular weight is 434 g/mol. The van der Waals surface area contributed by atoms with Crippen LogP contribution in [-0.4, -0.2) is 44.6 Å². The molecule has 0 N–H and O–H groups in total. The molecule has 0 amide bonds. The van der Waals surface area contributed by atoms with Crippen LogP contribution in [0.4, 0.5) is 0 Å². The Morgan fingerprint density at radius 3 is 1.41 bits per heavy atom. The predicted molar refractivity (Wildman–Crippen MR) is 125 cm³/mol. The Kier molecular flexibility index (Phi) is 20.1. The summed E-state index contributed by atoms with van der Waals surface area (Å²) in [5, 5.41) is 0. The summed E-state index contributed by atoms with van der Waals surface area (Å²) in [6.45, 7) is 2.56. The van der Waals surface area contributed by atoms with Gasteiger partial charge in [-0.05, 0) is 18.6 Å². The molecule has 5 heteroatoms. The van der Waals surface area contributed by atoms with Gasteiger partial charge in [0, 0.05) is 29.6 Å². The summed E-state index contributed by atoms with van der Waals surface area (Å²) in [7, 11) is -3.58. The minimum Gasteiger partial charge on any atom is -0.266 e. The van der Waals surface area contributed by atoms with E-state index in [-0.39, 0.29) is 41.1 Å². The Labute approximate surface area is 202 Å². The average Bonchev–Trinajstić information content (AvgIpc) is 2.71. The molecule has 0 saturated carbocycles. The first-order chi connectivity index (χ1) is 13.7. The molecule has 0 bridgehead atoms. The fourth-order valence-corrected chi connectivity index (χ4v) is 4.44. The van der Waals surface area contributed by atoms with Crippen molar-refractivity contribution in [1.29, 1.82) is 0 Å². The Morgan fingerprint density at radius 1 is 0.621 bits per heavy atom. The van der Waals surface area contributed by atoms with Gasteiger partial charge in [-0.1, -0.05) is 121 Å². The van der Waals surface area contributed by atoms with E-state index in [0.29, 0.717) is 0 Å². The van der Waals surface area contributed by atoms with Crippen molar-refractivity contribution in [3.8, 4) is 0 Å². The standard InChI is InChI=1S/C24H42O3S.Na/c1-2-3-4-5-6-7-8-9-10-11-12-13-14-15-16-20-23-27-28(25,26)24-21-18-17-19-22-24;/h17-19,21-22H,2-16,20,23H2,1H3;. The first-order valence-corrected chi connectivity index (χ1v) is 13.0. The van der Waals surface area contributed by atoms with E-state index in [2.05, 4.69) is 6.92 Å². The number of rotatable bonds is 19. The smallest absolute Gasteiger partial charge is 0.266 e. The SMILES string of the molecule is CCCCCCCCCCCCCCCCCCOS(=O)(=O)c1ccccc1.[Na]. The van der Waals surface area contributed by atoms with E-state index in [1.165, 1.54) is 89.9 Å². The Morgan fingerprint density at radius 2 is 1.00 bits per heavy atom. The number of hydrogen-bond acceptors (Lipinski definition) is 3. The summed E-state index contributed by atoms with van der Waals surface area (Å²) in [4.78, 5) is 0.242. The molecule has 0 saturated heterocycles. The maximum Gasteiger partial charge on any atom is 0.296 e. The molecule has 0 aliphatic carbocycles. The Balaban J connectivity index is 0.00000784. The zero-order valence-corrected chi connectivity index (χ0v) is 21.9. The van der Waals surface area contributed by atoms with Gasteiger partial charge in [-0.25, -0.2) is 0 Å². The maximum atomic E-state index is 12.0. The van der Waals surface area contributed by atoms with Crippen LogP contribution < -0.4 is 0 Å². The van der Waals surface area contributed by atoms with Gasteiger partial charge in [0.05, 0.1) is 11.5 Å². The molecule has 3 nitrogen and oxygen atoms in total. The van der Waals surface area contributed by atoms with Crippen molar-refractivity contribution in [3.63, 3.8) is 0 Å². The summed E-state index contributed by atoms with van der Waals surface area (Å²) in [6.07, 6.45) is 20.9. The molecular formula is C24H42NaO3S. The quantitative estimate of drug-likeness (QED) is 0.131. The van der Waals surface area contributed by atoms with E-state index in [0.717, 1.165) is 12.8 Å². The third kappa shape index (κ3) is 16.5. The first-order valence-electron chi connectivity index (χ1n) is 11.6. The second-order valence-electron chi connectivity index (χ2n) is 7.89. The van der Waals surface area contributed by atoms with Gasteiger partial charge < -0.3 is 0 Å². The normalized spacial score (nSPS) is 11.3. The van der Waals surface area contributed by atoms with E-state index < -0.39 is 10.1 Å². The molecule has 1 rings (SSSR count). The third-order valence-electron chi connectivity index (χ3n) is 5.27. The van der Waals surface area contributed by atoms with Crippen LogP contribution in [0, 0.1) is 0 Å². The van der Waals surface area contributed by atoms with E-state index >= 15 is 0 Å². The first kappa shape index (κ1) is 29.1. The van der Waals surface area contributed by atoms with Crippen LogP contribution in [-0.2, 0) is 14.3 Å². The molecule has 0 atom stereocenters. The summed E-state index contributed by atoms with van der Waals surface area (Å²) < 4.78 is 29.0. The van der Waals surface area contributed by atoms with Crippen molar-refractivity contribution in [2.75, 3.05) is 6.61 Å². The molecule has 163 valence electrons. The molecule has 0 unspecified atom stereocenters. The minimum absolute atomic E-state index is 0. The van der Waals surface area contributed by atoms with Crippen LogP contribution in [0.1, 0.15) is 110 Å². The van der Waals surface area contributed by atoms with Crippen molar-refractivity contribution >= 4 is 39.7 Å². The summed E-state index contributed by atoms with van der Waals surface area (Å²) in [5.41, 5.74) is 0. The molecule has 29 heavy (non-hydrogen) atoms. The second-order valence-corrected chi connectivity index (χ2v) is 9.51. The van der Waals surface area contributed by atoms with Crippen LogP contribution in [0.2, 0.25) is 0 Å². The van der Waals surface area contributed by atoms with Crippen LogP contribution in [0.5, 0.6) is 0 Å². The van der Waals surface area contributed by atoms with Crippen LogP contribution in [0.25, 0.3) is 0 Å². The van der Waals surface area contributed by atoms with Gasteiger partial charge in [0.15, 0.2) is 0 Å². The molecule has 0 aliphatic heterocycles. The van der Waals surface area contributed by atoms with E-state index in [1.54, 1.807) is 30.3 Å². The fraction of sp³-hybridized carbons (Fsp3) is 0.750. The van der Waals surface area contributed by atoms with Gasteiger partial charge in [0.2, 0.25) is 0 Å². The largest absolute Gasteiger partial charge is 0.296 e. The topological polar surface area (TPSA) is 43.4 Å². The monoisotopic (exact) mass is 433 g/mol. The molecule has 1 aromatic rings. The molecule has 0 fully saturated rings. The van der Waals surface area contributed by atoms with Gasteiger partial charge in [-0.15, -0.1) is 0 Å². The van der Waals surface area contributed by atoms with Crippen molar-refractivity contribution in [3.05, 3.63) is 30.3 Å². The van der Waals surface area contributed by atoms with Crippen molar-refractivity contribution in [1.82, 2.24) is 0 Å². The van der Waals surface area contributed by atoms with Crippen molar-refractivity contribution < 1.29 is 12.6 Å². The van der Waals surface area contributed by atoms with Gasteiger partial charge >= 0.3 is 0 Å². The van der Waals surface area contributed by atoms with Gasteiger partial charge in [0.1, 0.15) is 0 Å². The van der Waals surface area contributed by atoms with Crippen molar-refractivity contribution in [2.24, 2.45) is 0 Å². The second kappa shape index (κ2) is 20.1. The van der Waals surface area contributed by atoms with Crippen LogP contribution in [0.3, 0.4) is 0 Å². The Bertz CT molecular complexity index is 561. The third-order valence-corrected chi connectivity index (χ3v) is 6.59. The van der Waals surface area contributed by atoms with E-state index in [4.69, 9.17) is 4.18 Å². The molecule has 1 radical (unpaired) electrons. The van der Waals surface area contributed by atoms with Crippen LogP contribution >= 0.6 is 0 Å². The number of unbranched alkanes of at least 4 members (excludes halogenated alkanes) is 15. The van der Waals surface area contributed by atoms with Gasteiger partial charge in [-0.3, -0.25) is 4.18 Å². The zero-order valence-electron chi connectivity index (χ0n) is 19.0. The fourth-order valence-electron chi connectivity index (χ4n) is 3.47. The summed E-state index contributed by atoms with van der Waals surface area (Å²) in [6, 6.07) is 8.37. The minimum atomic E-state index is -3.58. The van der Waals surface area contributed by atoms with Gasteiger partial charge in [0.25, 0.3) is 10.1 Å². The summed E-state index contributed by atoms with van der Waals surface area (Å²) in [5.74, 6) is 0. The molecule has 0 aliphatic rings. The molecular weight excluding hydrogens is 391 g/mol. The van der Waals surface area contributed by atoms with E-state index in [1.807, 2.05) is 0 Å². The number of benzene rings is 1. The molecule has 1 aromatic carbocycles. The predicted octanol–water partition coefficient (Wildman–Crippen LogP) is 7.27. The van der Waals surface area contributed by atoms with Crippen molar-refractivity contribution in [2.45, 2.75) is 115 Å². The van der Waals surface area contributed by atoms with Crippen LogP contribution in [0.15, 0.2) is 35.2 Å². The Hall–Kier alpha value is 0.130. The molecule has 0 spiro atoms. The van der Waals surface area contributed by atoms with E-state index in [9.17, 15) is 8.42 Å². The summed E-state index contributed by atoms with van der Waals surface area (Å²) >= 11 is 0. The molecule has 0 aromatic heterocycles. The zero-order chi connectivity index (χ0) is 20.3. The van der Waals surface area contributed by atoms with Gasteiger partial charge in [-0.2, -0.15) is 8.42 Å².